The Morgan fingerprint density at radius 1 is 0.404 bits per heavy atom. The number of hydrogen-bond acceptors (Lipinski definition) is 3. The molecule has 272 valence electrons. The molecule has 0 aliphatic carbocycles. The van der Waals surface area contributed by atoms with Crippen molar-refractivity contribution in [2.45, 2.75) is 0 Å². The van der Waals surface area contributed by atoms with E-state index in [2.05, 4.69) is 145 Å². The van der Waals surface area contributed by atoms with E-state index in [1.807, 2.05) is 78.9 Å². The number of phenols is 1. The van der Waals surface area contributed by atoms with Crippen molar-refractivity contribution >= 4 is 28.4 Å². The molecular formula is C54H39NO2. The number of fused-ring (bicyclic) bond motifs is 1. The minimum absolute atomic E-state index is 0.270. The van der Waals surface area contributed by atoms with Crippen molar-refractivity contribution < 1.29 is 9.84 Å². The van der Waals surface area contributed by atoms with Gasteiger partial charge in [-0.15, -0.1) is 0 Å². The molecule has 1 heterocycles. The van der Waals surface area contributed by atoms with Crippen molar-refractivity contribution in [1.82, 2.24) is 0 Å². The monoisotopic (exact) mass is 733 g/mol. The van der Waals surface area contributed by atoms with Crippen LogP contribution in [0.3, 0.4) is 0 Å². The third kappa shape index (κ3) is 7.43. The van der Waals surface area contributed by atoms with Gasteiger partial charge in [-0.05, 0) is 117 Å². The second-order valence-electron chi connectivity index (χ2n) is 14.0. The molecule has 8 aromatic carbocycles. The van der Waals surface area contributed by atoms with Crippen molar-refractivity contribution in [2.75, 3.05) is 4.90 Å². The van der Waals surface area contributed by atoms with Crippen molar-refractivity contribution in [3.05, 3.63) is 236 Å². The number of benzene rings is 8. The highest BCUT2D eigenvalue weighted by Gasteiger charge is 2.16. The molecule has 0 amide bonds. The van der Waals surface area contributed by atoms with E-state index >= 15 is 0 Å². The standard InChI is InChI=1S/C54H39NO2/c1-38-11-9-20-53(57-54-19-8-6-16-50(38)54)44-29-35-49(36-30-44)55(47-31-25-42(26-32-47)41-23-21-40(22-24-41)39-12-3-2-4-13-39)48-33-27-43(28-34-48)45-14-10-15-46(37-45)51-17-5-7-18-52(51)56/h2-37,56H,1H2/b11-9-,53-20-. The average Bonchev–Trinajstić information content (AvgIpc) is 3.27. The second-order valence-corrected chi connectivity index (χ2v) is 14.0. The first-order chi connectivity index (χ1) is 28.1. The molecular weight excluding hydrogens is 695 g/mol. The molecule has 0 radical (unpaired) electrons. The summed E-state index contributed by atoms with van der Waals surface area (Å²) < 4.78 is 6.47. The van der Waals surface area contributed by atoms with Gasteiger partial charge in [0.05, 0.1) is 0 Å². The highest BCUT2D eigenvalue weighted by atomic mass is 16.5. The lowest BCUT2D eigenvalue weighted by Crippen LogP contribution is -2.10. The lowest BCUT2D eigenvalue weighted by atomic mass is 9.98. The fourth-order valence-corrected chi connectivity index (χ4v) is 7.37. The number of nitrogens with zero attached hydrogens (tertiary/aromatic N) is 1. The van der Waals surface area contributed by atoms with Gasteiger partial charge in [0.2, 0.25) is 0 Å². The Morgan fingerprint density at radius 2 is 0.860 bits per heavy atom. The third-order valence-electron chi connectivity index (χ3n) is 10.4. The van der Waals surface area contributed by atoms with Crippen LogP contribution in [0.15, 0.2) is 225 Å². The van der Waals surface area contributed by atoms with Crippen molar-refractivity contribution in [1.29, 1.82) is 0 Å². The number of para-hydroxylation sites is 2. The van der Waals surface area contributed by atoms with Crippen LogP contribution in [0.1, 0.15) is 11.1 Å². The maximum Gasteiger partial charge on any atom is 0.135 e. The first kappa shape index (κ1) is 35.1. The van der Waals surface area contributed by atoms with Crippen molar-refractivity contribution in [2.24, 2.45) is 0 Å². The lowest BCUT2D eigenvalue weighted by Gasteiger charge is -2.26. The Hall–Kier alpha value is -7.62. The van der Waals surface area contributed by atoms with Crippen LogP contribution in [0.2, 0.25) is 0 Å². The minimum Gasteiger partial charge on any atom is -0.507 e. The quantitative estimate of drug-likeness (QED) is 0.169. The van der Waals surface area contributed by atoms with E-state index in [9.17, 15) is 5.11 Å². The van der Waals surface area contributed by atoms with E-state index in [4.69, 9.17) is 4.74 Å². The van der Waals surface area contributed by atoms with E-state index < -0.39 is 0 Å². The number of anilines is 3. The summed E-state index contributed by atoms with van der Waals surface area (Å²) in [7, 11) is 0. The number of aromatic hydroxyl groups is 1. The number of rotatable bonds is 8. The molecule has 3 nitrogen and oxygen atoms in total. The second kappa shape index (κ2) is 15.6. The summed E-state index contributed by atoms with van der Waals surface area (Å²) in [5, 5.41) is 10.5. The summed E-state index contributed by atoms with van der Waals surface area (Å²) in [6, 6.07) is 68.9. The van der Waals surface area contributed by atoms with Crippen LogP contribution >= 0.6 is 0 Å². The molecule has 1 aliphatic heterocycles. The third-order valence-corrected chi connectivity index (χ3v) is 10.4. The highest BCUT2D eigenvalue weighted by molar-refractivity contribution is 5.83. The van der Waals surface area contributed by atoms with Gasteiger partial charge in [-0.3, -0.25) is 0 Å². The van der Waals surface area contributed by atoms with Gasteiger partial charge in [0.1, 0.15) is 17.3 Å². The highest BCUT2D eigenvalue weighted by Crippen LogP contribution is 2.39. The van der Waals surface area contributed by atoms with Gasteiger partial charge in [-0.1, -0.05) is 152 Å². The maximum absolute atomic E-state index is 10.5. The van der Waals surface area contributed by atoms with Crippen LogP contribution in [0.5, 0.6) is 11.5 Å². The Labute approximate surface area is 334 Å². The Kier molecular flexibility index (Phi) is 9.62. The largest absolute Gasteiger partial charge is 0.507 e. The molecule has 0 atom stereocenters. The van der Waals surface area contributed by atoms with Gasteiger partial charge in [0.15, 0.2) is 0 Å². The normalized spacial score (nSPS) is 13.6. The van der Waals surface area contributed by atoms with Gasteiger partial charge in [0, 0.05) is 33.8 Å². The molecule has 0 bridgehead atoms. The van der Waals surface area contributed by atoms with Crippen LogP contribution in [0.4, 0.5) is 17.1 Å². The van der Waals surface area contributed by atoms with Gasteiger partial charge in [-0.2, -0.15) is 0 Å². The molecule has 0 saturated heterocycles. The Bertz CT molecular complexity index is 2740. The first-order valence-corrected chi connectivity index (χ1v) is 19.1. The predicted molar refractivity (Wildman–Crippen MR) is 238 cm³/mol. The summed E-state index contributed by atoms with van der Waals surface area (Å²) in [6.45, 7) is 4.21. The minimum atomic E-state index is 0.270. The molecule has 0 spiro atoms. The summed E-state index contributed by atoms with van der Waals surface area (Å²) in [5.74, 6) is 1.82. The van der Waals surface area contributed by atoms with Crippen molar-refractivity contribution in [3.8, 4) is 56.0 Å². The van der Waals surface area contributed by atoms with E-state index in [0.29, 0.717) is 0 Å². The van der Waals surface area contributed by atoms with Crippen LogP contribution in [-0.2, 0) is 0 Å². The van der Waals surface area contributed by atoms with E-state index in [1.54, 1.807) is 6.07 Å². The van der Waals surface area contributed by atoms with Gasteiger partial charge < -0.3 is 14.7 Å². The van der Waals surface area contributed by atoms with E-state index in [1.165, 1.54) is 16.7 Å². The van der Waals surface area contributed by atoms with Crippen LogP contribution in [0, 0.1) is 0 Å². The van der Waals surface area contributed by atoms with Crippen molar-refractivity contribution in [3.63, 3.8) is 0 Å². The number of allylic oxidation sites excluding steroid dienone is 4. The molecule has 0 unspecified atom stereocenters. The van der Waals surface area contributed by atoms with Crippen LogP contribution in [-0.4, -0.2) is 5.11 Å². The smallest absolute Gasteiger partial charge is 0.135 e. The molecule has 0 aromatic heterocycles. The zero-order valence-corrected chi connectivity index (χ0v) is 31.3. The molecule has 57 heavy (non-hydrogen) atoms. The first-order valence-electron chi connectivity index (χ1n) is 19.1. The molecule has 1 N–H and O–H groups in total. The average molecular weight is 734 g/mol. The fraction of sp³-hybridized carbons (Fsp3) is 0. The molecule has 9 rings (SSSR count). The molecule has 0 saturated carbocycles. The van der Waals surface area contributed by atoms with Gasteiger partial charge >= 0.3 is 0 Å². The summed E-state index contributed by atoms with van der Waals surface area (Å²) >= 11 is 0. The summed E-state index contributed by atoms with van der Waals surface area (Å²) in [5.41, 5.74) is 14.6. The molecule has 3 heteroatoms. The number of ether oxygens (including phenoxy) is 1. The molecule has 8 aromatic rings. The fourth-order valence-electron chi connectivity index (χ4n) is 7.37. The van der Waals surface area contributed by atoms with E-state index in [0.717, 1.165) is 73.1 Å². The molecule has 0 fully saturated rings. The zero-order chi connectivity index (χ0) is 38.6. The predicted octanol–water partition coefficient (Wildman–Crippen LogP) is 14.5. The van der Waals surface area contributed by atoms with Gasteiger partial charge in [-0.25, -0.2) is 0 Å². The van der Waals surface area contributed by atoms with Crippen LogP contribution < -0.4 is 9.64 Å². The maximum atomic E-state index is 10.5. The number of hydrogen-bond donors (Lipinski definition) is 1. The summed E-state index contributed by atoms with van der Waals surface area (Å²) in [4.78, 5) is 2.28. The van der Waals surface area contributed by atoms with Gasteiger partial charge in [0.25, 0.3) is 0 Å². The lowest BCUT2D eigenvalue weighted by molar-refractivity contribution is 0.477. The SMILES string of the molecule is C=C1/C=C\C=C(\c2ccc(N(c3ccc(-c4ccc(-c5ccccc5)cc4)cc3)c3ccc(-c4cccc(-c5ccccc5O)c4)cc3)cc2)Oc2ccccc21. The number of phenolic OH excluding ortho intramolecular Hbond substituents is 1. The summed E-state index contributed by atoms with van der Waals surface area (Å²) in [6.07, 6.45) is 6.00. The van der Waals surface area contributed by atoms with Crippen LogP contribution in [0.25, 0.3) is 55.8 Å². The topological polar surface area (TPSA) is 32.7 Å². The van der Waals surface area contributed by atoms with E-state index in [-0.39, 0.29) is 5.75 Å². The Morgan fingerprint density at radius 3 is 1.47 bits per heavy atom. The zero-order valence-electron chi connectivity index (χ0n) is 31.3. The Balaban J connectivity index is 1.05. The molecule has 1 aliphatic rings.